The molecule has 0 aliphatic rings. The van der Waals surface area contributed by atoms with E-state index in [0.717, 1.165) is 7.11 Å². The summed E-state index contributed by atoms with van der Waals surface area (Å²) in [6.07, 6.45) is 0. The van der Waals surface area contributed by atoms with Crippen LogP contribution in [-0.4, -0.2) is 24.0 Å². The Hall–Kier alpha value is -1.13. The van der Waals surface area contributed by atoms with Gasteiger partial charge in [-0.25, -0.2) is 4.79 Å². The molecule has 9 heavy (non-hydrogen) atoms. The lowest BCUT2D eigenvalue weighted by Crippen LogP contribution is -2.26. The highest BCUT2D eigenvalue weighted by molar-refractivity contribution is 5.73. The van der Waals surface area contributed by atoms with Gasteiger partial charge in [0.2, 0.25) is 0 Å². The van der Waals surface area contributed by atoms with Gasteiger partial charge in [0, 0.05) is 11.8 Å². The number of esters is 1. The van der Waals surface area contributed by atoms with Crippen molar-refractivity contribution in [3.8, 4) is 0 Å². The molecule has 0 aromatic rings. The number of carbonyl (C=O) groups is 1. The molecule has 0 heterocycles. The molecule has 0 aliphatic carbocycles. The first kappa shape index (κ1) is 7.87. The maximum absolute atomic E-state index is 10.3. The van der Waals surface area contributed by atoms with Crippen LogP contribution in [-0.2, 0) is 9.53 Å². The van der Waals surface area contributed by atoms with Crippen molar-refractivity contribution in [3.63, 3.8) is 0 Å². The summed E-state index contributed by atoms with van der Waals surface area (Å²) in [6, 6.07) is -1.25. The zero-order chi connectivity index (χ0) is 7.44. The van der Waals surface area contributed by atoms with Gasteiger partial charge in [-0.05, 0) is 0 Å². The predicted molar refractivity (Wildman–Crippen MR) is 28.5 cm³/mol. The van der Waals surface area contributed by atoms with Crippen LogP contribution in [0, 0.1) is 10.1 Å². The summed E-state index contributed by atoms with van der Waals surface area (Å²) in [7, 11) is 1.11. The van der Waals surface area contributed by atoms with Crippen molar-refractivity contribution in [3.05, 3.63) is 10.1 Å². The van der Waals surface area contributed by atoms with E-state index in [4.69, 9.17) is 0 Å². The highest BCUT2D eigenvalue weighted by Crippen LogP contribution is 1.89. The van der Waals surface area contributed by atoms with Crippen molar-refractivity contribution in [2.24, 2.45) is 0 Å². The lowest BCUT2D eigenvalue weighted by atomic mass is 10.4. The molecule has 0 saturated heterocycles. The average Bonchev–Trinajstić information content (AvgIpc) is 1.84. The second kappa shape index (κ2) is 3.01. The third-order valence-electron chi connectivity index (χ3n) is 0.859. The normalized spacial score (nSPS) is 12.2. The third-order valence-corrected chi connectivity index (χ3v) is 0.859. The van der Waals surface area contributed by atoms with Crippen LogP contribution in [0.4, 0.5) is 0 Å². The average molecular weight is 133 g/mol. The van der Waals surface area contributed by atoms with Crippen molar-refractivity contribution in [2.45, 2.75) is 13.0 Å². The minimum Gasteiger partial charge on any atom is -0.464 e. The van der Waals surface area contributed by atoms with Crippen molar-refractivity contribution >= 4 is 5.97 Å². The van der Waals surface area contributed by atoms with E-state index in [1.54, 1.807) is 0 Å². The van der Waals surface area contributed by atoms with Crippen LogP contribution in [0.3, 0.4) is 0 Å². The Morgan fingerprint density at radius 3 is 2.33 bits per heavy atom. The minimum atomic E-state index is -1.25. The summed E-state index contributed by atoms with van der Waals surface area (Å²) in [5.41, 5.74) is 0. The van der Waals surface area contributed by atoms with E-state index in [0.29, 0.717) is 0 Å². The largest absolute Gasteiger partial charge is 0.464 e. The molecule has 0 spiro atoms. The lowest BCUT2D eigenvalue weighted by molar-refractivity contribution is -0.506. The van der Waals surface area contributed by atoms with E-state index in [9.17, 15) is 14.9 Å². The van der Waals surface area contributed by atoms with Crippen molar-refractivity contribution in [2.75, 3.05) is 7.11 Å². The summed E-state index contributed by atoms with van der Waals surface area (Å²) in [6.45, 7) is 1.17. The standard InChI is InChI=1S/C4H7NO4/c1-3(5(7)8)4(6)9-2/h3H,1-2H3/t3-/m0/s1. The van der Waals surface area contributed by atoms with E-state index >= 15 is 0 Å². The number of nitro groups is 1. The summed E-state index contributed by atoms with van der Waals surface area (Å²) in [5.74, 6) is -0.819. The quantitative estimate of drug-likeness (QED) is 0.298. The van der Waals surface area contributed by atoms with Crippen LogP contribution in [0.2, 0.25) is 0 Å². The van der Waals surface area contributed by atoms with Crippen molar-refractivity contribution in [1.29, 1.82) is 0 Å². The maximum atomic E-state index is 10.3. The zero-order valence-corrected chi connectivity index (χ0v) is 5.16. The Morgan fingerprint density at radius 2 is 2.22 bits per heavy atom. The van der Waals surface area contributed by atoms with Gasteiger partial charge in [-0.3, -0.25) is 10.1 Å². The molecule has 0 N–H and O–H groups in total. The summed E-state index contributed by atoms with van der Waals surface area (Å²) in [4.78, 5) is 19.4. The van der Waals surface area contributed by atoms with E-state index in [-0.39, 0.29) is 0 Å². The number of rotatable bonds is 2. The number of ether oxygens (including phenoxy) is 1. The van der Waals surface area contributed by atoms with Crippen LogP contribution in [0.25, 0.3) is 0 Å². The fourth-order valence-electron chi connectivity index (χ4n) is 0.257. The Kier molecular flexibility index (Phi) is 2.63. The van der Waals surface area contributed by atoms with Crippen LogP contribution in [0.1, 0.15) is 6.92 Å². The highest BCUT2D eigenvalue weighted by Gasteiger charge is 2.23. The van der Waals surface area contributed by atoms with Crippen LogP contribution >= 0.6 is 0 Å². The van der Waals surface area contributed by atoms with Crippen LogP contribution in [0.5, 0.6) is 0 Å². The van der Waals surface area contributed by atoms with Gasteiger partial charge in [-0.1, -0.05) is 0 Å². The molecule has 0 aromatic heterocycles. The summed E-state index contributed by atoms with van der Waals surface area (Å²) in [5, 5.41) is 9.80. The monoisotopic (exact) mass is 133 g/mol. The molecule has 0 saturated carbocycles. The third kappa shape index (κ3) is 2.07. The maximum Gasteiger partial charge on any atom is 0.381 e. The second-order valence-electron chi connectivity index (χ2n) is 1.48. The van der Waals surface area contributed by atoms with Crippen molar-refractivity contribution in [1.82, 2.24) is 0 Å². The molecule has 52 valence electrons. The molecule has 0 unspecified atom stereocenters. The van der Waals surface area contributed by atoms with E-state index in [2.05, 4.69) is 4.74 Å². The van der Waals surface area contributed by atoms with Crippen LogP contribution in [0.15, 0.2) is 0 Å². The SMILES string of the molecule is COC(=O)[C@H](C)[N+](=O)[O-]. The van der Waals surface area contributed by atoms with Gasteiger partial charge in [-0.2, -0.15) is 0 Å². The first-order chi connectivity index (χ1) is 4.09. The van der Waals surface area contributed by atoms with E-state index in [1.807, 2.05) is 0 Å². The van der Waals surface area contributed by atoms with Gasteiger partial charge >= 0.3 is 12.0 Å². The first-order valence-electron chi connectivity index (χ1n) is 2.31. The Balaban J connectivity index is 3.88. The summed E-state index contributed by atoms with van der Waals surface area (Å²) >= 11 is 0. The molecule has 0 fully saturated rings. The van der Waals surface area contributed by atoms with E-state index in [1.165, 1.54) is 6.92 Å². The highest BCUT2D eigenvalue weighted by atomic mass is 16.6. The predicted octanol–water partition coefficient (Wildman–Crippen LogP) is -0.175. The molecule has 0 aliphatic heterocycles. The molecule has 0 aromatic carbocycles. The molecule has 5 heteroatoms. The van der Waals surface area contributed by atoms with Gasteiger partial charge in [0.25, 0.3) is 0 Å². The lowest BCUT2D eigenvalue weighted by Gasteiger charge is -1.98. The number of hydrogen-bond acceptors (Lipinski definition) is 4. The Labute approximate surface area is 51.8 Å². The molecular formula is C4H7NO4. The molecule has 0 amide bonds. The smallest absolute Gasteiger partial charge is 0.381 e. The van der Waals surface area contributed by atoms with Gasteiger partial charge < -0.3 is 4.74 Å². The zero-order valence-electron chi connectivity index (χ0n) is 5.16. The minimum absolute atomic E-state index is 0.703. The van der Waals surface area contributed by atoms with Gasteiger partial charge in [0.1, 0.15) is 0 Å². The number of methoxy groups -OCH3 is 1. The first-order valence-corrected chi connectivity index (χ1v) is 2.31. The molecular weight excluding hydrogens is 126 g/mol. The van der Waals surface area contributed by atoms with Gasteiger partial charge in [-0.15, -0.1) is 0 Å². The number of hydrogen-bond donors (Lipinski definition) is 0. The van der Waals surface area contributed by atoms with Crippen molar-refractivity contribution < 1.29 is 14.5 Å². The Bertz CT molecular complexity index is 133. The topological polar surface area (TPSA) is 69.4 Å². The molecule has 0 bridgehead atoms. The Morgan fingerprint density at radius 1 is 1.78 bits per heavy atom. The fourth-order valence-corrected chi connectivity index (χ4v) is 0.257. The van der Waals surface area contributed by atoms with Gasteiger partial charge in [0.15, 0.2) is 0 Å². The molecule has 5 nitrogen and oxygen atoms in total. The van der Waals surface area contributed by atoms with Crippen LogP contribution < -0.4 is 0 Å². The number of nitrogens with zero attached hydrogens (tertiary/aromatic N) is 1. The van der Waals surface area contributed by atoms with E-state index < -0.39 is 16.9 Å². The van der Waals surface area contributed by atoms with Gasteiger partial charge in [0.05, 0.1) is 7.11 Å². The second-order valence-corrected chi connectivity index (χ2v) is 1.48. The molecule has 0 radical (unpaired) electrons. The summed E-state index contributed by atoms with van der Waals surface area (Å²) < 4.78 is 4.09. The molecule has 0 rings (SSSR count). The fraction of sp³-hybridized carbons (Fsp3) is 0.750. The molecule has 1 atom stereocenters. The number of carbonyl (C=O) groups excluding carboxylic acids is 1.